The summed E-state index contributed by atoms with van der Waals surface area (Å²) in [6, 6.07) is 5.72. The standard InChI is InChI=1S/C17H22N4O3/c1-23-16-14(3-2-8-18-16)4-9-19-17(22)21-10-5-13(6-11-21)15-7-12-24-20-15/h2-3,7-8,12-13H,4-6,9-11H2,1H3,(H,19,22). The van der Waals surface area contributed by atoms with Crippen LogP contribution in [-0.2, 0) is 6.42 Å². The molecule has 1 aliphatic heterocycles. The molecule has 0 unspecified atom stereocenters. The number of aromatic nitrogens is 2. The first-order valence-electron chi connectivity index (χ1n) is 8.19. The van der Waals surface area contributed by atoms with Gasteiger partial charge in [-0.3, -0.25) is 0 Å². The van der Waals surface area contributed by atoms with Crippen molar-refractivity contribution >= 4 is 6.03 Å². The largest absolute Gasteiger partial charge is 0.481 e. The van der Waals surface area contributed by atoms with Crippen LogP contribution in [-0.4, -0.2) is 47.8 Å². The van der Waals surface area contributed by atoms with Crippen LogP contribution in [0.25, 0.3) is 0 Å². The fourth-order valence-corrected chi connectivity index (χ4v) is 3.02. The van der Waals surface area contributed by atoms with Gasteiger partial charge in [0.2, 0.25) is 5.88 Å². The van der Waals surface area contributed by atoms with Crippen molar-refractivity contribution in [3.05, 3.63) is 41.9 Å². The number of methoxy groups -OCH3 is 1. The summed E-state index contributed by atoms with van der Waals surface area (Å²) in [7, 11) is 1.60. The molecule has 0 aliphatic carbocycles. The van der Waals surface area contributed by atoms with Gasteiger partial charge in [-0.2, -0.15) is 0 Å². The Kier molecular flexibility index (Phi) is 5.30. The molecule has 0 aromatic carbocycles. The molecular formula is C17H22N4O3. The molecule has 1 saturated heterocycles. The quantitative estimate of drug-likeness (QED) is 0.909. The molecule has 24 heavy (non-hydrogen) atoms. The fraction of sp³-hybridized carbons (Fsp3) is 0.471. The van der Waals surface area contributed by atoms with E-state index in [1.807, 2.05) is 23.1 Å². The van der Waals surface area contributed by atoms with Gasteiger partial charge in [0, 0.05) is 43.4 Å². The number of nitrogens with one attached hydrogen (secondary N) is 1. The van der Waals surface area contributed by atoms with E-state index in [0.717, 1.165) is 37.2 Å². The smallest absolute Gasteiger partial charge is 0.317 e. The lowest BCUT2D eigenvalue weighted by Gasteiger charge is -2.31. The molecule has 1 aliphatic rings. The number of pyridine rings is 1. The number of rotatable bonds is 5. The molecule has 3 heterocycles. The Morgan fingerprint density at radius 1 is 1.42 bits per heavy atom. The van der Waals surface area contributed by atoms with Crippen molar-refractivity contribution in [3.8, 4) is 5.88 Å². The van der Waals surface area contributed by atoms with Gasteiger partial charge in [-0.05, 0) is 25.3 Å². The maximum Gasteiger partial charge on any atom is 0.317 e. The number of piperidine rings is 1. The number of amides is 2. The van der Waals surface area contributed by atoms with Gasteiger partial charge < -0.3 is 19.5 Å². The topological polar surface area (TPSA) is 80.5 Å². The molecule has 2 aromatic rings. The van der Waals surface area contributed by atoms with Crippen LogP contribution in [0.2, 0.25) is 0 Å². The lowest BCUT2D eigenvalue weighted by atomic mass is 9.94. The molecule has 2 aromatic heterocycles. The highest BCUT2D eigenvalue weighted by Gasteiger charge is 2.25. The summed E-state index contributed by atoms with van der Waals surface area (Å²) < 4.78 is 10.1. The monoisotopic (exact) mass is 330 g/mol. The number of likely N-dealkylation sites (tertiary alicyclic amines) is 1. The Labute approximate surface area is 141 Å². The zero-order valence-corrected chi connectivity index (χ0v) is 13.8. The molecule has 7 nitrogen and oxygen atoms in total. The number of hydrogen-bond acceptors (Lipinski definition) is 5. The maximum absolute atomic E-state index is 12.3. The average molecular weight is 330 g/mol. The third kappa shape index (κ3) is 3.84. The molecular weight excluding hydrogens is 308 g/mol. The summed E-state index contributed by atoms with van der Waals surface area (Å²) >= 11 is 0. The van der Waals surface area contributed by atoms with Gasteiger partial charge in [-0.1, -0.05) is 11.2 Å². The minimum atomic E-state index is -0.0172. The number of ether oxygens (including phenoxy) is 1. The van der Waals surface area contributed by atoms with Crippen molar-refractivity contribution in [3.63, 3.8) is 0 Å². The second kappa shape index (κ2) is 7.81. The van der Waals surface area contributed by atoms with Gasteiger partial charge in [0.25, 0.3) is 0 Å². The Morgan fingerprint density at radius 2 is 2.25 bits per heavy atom. The Balaban J connectivity index is 1.43. The first kappa shape index (κ1) is 16.3. The zero-order chi connectivity index (χ0) is 16.8. The second-order valence-corrected chi connectivity index (χ2v) is 5.84. The predicted molar refractivity (Wildman–Crippen MR) is 87.9 cm³/mol. The number of carbonyl (C=O) groups excluding carboxylic acids is 1. The van der Waals surface area contributed by atoms with Gasteiger partial charge in [-0.25, -0.2) is 9.78 Å². The highest BCUT2D eigenvalue weighted by molar-refractivity contribution is 5.74. The van der Waals surface area contributed by atoms with Crippen LogP contribution in [0.5, 0.6) is 5.88 Å². The minimum absolute atomic E-state index is 0.0172. The molecule has 1 N–H and O–H groups in total. The van der Waals surface area contributed by atoms with Gasteiger partial charge in [0.15, 0.2) is 0 Å². The molecule has 0 bridgehead atoms. The molecule has 0 spiro atoms. The lowest BCUT2D eigenvalue weighted by Crippen LogP contribution is -2.44. The highest BCUT2D eigenvalue weighted by atomic mass is 16.5. The summed E-state index contributed by atoms with van der Waals surface area (Å²) in [4.78, 5) is 18.3. The zero-order valence-electron chi connectivity index (χ0n) is 13.8. The molecule has 0 saturated carbocycles. The SMILES string of the molecule is COc1ncccc1CCNC(=O)N1CCC(c2ccon2)CC1. The molecule has 0 atom stereocenters. The summed E-state index contributed by atoms with van der Waals surface area (Å²) in [6.45, 7) is 2.03. The molecule has 0 radical (unpaired) electrons. The normalized spacial score (nSPS) is 15.3. The molecule has 128 valence electrons. The van der Waals surface area contributed by atoms with Crippen molar-refractivity contribution in [2.45, 2.75) is 25.2 Å². The van der Waals surface area contributed by atoms with Gasteiger partial charge in [-0.15, -0.1) is 0 Å². The van der Waals surface area contributed by atoms with Crippen LogP contribution >= 0.6 is 0 Å². The first-order valence-corrected chi connectivity index (χ1v) is 8.19. The molecule has 3 rings (SSSR count). The predicted octanol–water partition coefficient (Wildman–Crippen LogP) is 2.21. The summed E-state index contributed by atoms with van der Waals surface area (Å²) in [6.07, 6.45) is 5.81. The van der Waals surface area contributed by atoms with Crippen molar-refractivity contribution < 1.29 is 14.1 Å². The maximum atomic E-state index is 12.3. The molecule has 7 heteroatoms. The lowest BCUT2D eigenvalue weighted by molar-refractivity contribution is 0.180. The third-order valence-corrected chi connectivity index (χ3v) is 4.37. The van der Waals surface area contributed by atoms with Gasteiger partial charge >= 0.3 is 6.03 Å². The van der Waals surface area contributed by atoms with Crippen molar-refractivity contribution in [2.24, 2.45) is 0 Å². The van der Waals surface area contributed by atoms with Crippen molar-refractivity contribution in [2.75, 3.05) is 26.7 Å². The molecule has 1 fully saturated rings. The number of hydrogen-bond donors (Lipinski definition) is 1. The Bertz CT molecular complexity index is 652. The van der Waals surface area contributed by atoms with Crippen molar-refractivity contribution in [1.29, 1.82) is 0 Å². The van der Waals surface area contributed by atoms with Gasteiger partial charge in [0.05, 0.1) is 12.8 Å². The summed E-state index contributed by atoms with van der Waals surface area (Å²) in [5, 5.41) is 6.97. The minimum Gasteiger partial charge on any atom is -0.481 e. The van der Waals surface area contributed by atoms with Crippen LogP contribution in [0.1, 0.15) is 30.0 Å². The number of urea groups is 1. The van der Waals surface area contributed by atoms with E-state index in [4.69, 9.17) is 9.26 Å². The van der Waals surface area contributed by atoms with Crippen LogP contribution in [0.4, 0.5) is 4.79 Å². The van der Waals surface area contributed by atoms with Crippen LogP contribution in [0.3, 0.4) is 0 Å². The third-order valence-electron chi connectivity index (χ3n) is 4.37. The van der Waals surface area contributed by atoms with Crippen LogP contribution in [0.15, 0.2) is 35.2 Å². The Morgan fingerprint density at radius 3 is 2.96 bits per heavy atom. The van der Waals surface area contributed by atoms with E-state index in [2.05, 4.69) is 15.5 Å². The van der Waals surface area contributed by atoms with E-state index < -0.39 is 0 Å². The number of nitrogens with zero attached hydrogens (tertiary/aromatic N) is 3. The summed E-state index contributed by atoms with van der Waals surface area (Å²) in [5.74, 6) is 0.993. The van der Waals surface area contributed by atoms with E-state index in [1.165, 1.54) is 0 Å². The van der Waals surface area contributed by atoms with E-state index in [9.17, 15) is 4.79 Å². The van der Waals surface area contributed by atoms with E-state index in [0.29, 0.717) is 24.8 Å². The fourth-order valence-electron chi connectivity index (χ4n) is 3.02. The van der Waals surface area contributed by atoms with E-state index >= 15 is 0 Å². The van der Waals surface area contributed by atoms with Crippen LogP contribution < -0.4 is 10.1 Å². The van der Waals surface area contributed by atoms with Gasteiger partial charge in [0.1, 0.15) is 6.26 Å². The average Bonchev–Trinajstić information content (AvgIpc) is 3.17. The van der Waals surface area contributed by atoms with E-state index in [-0.39, 0.29) is 6.03 Å². The number of carbonyl (C=O) groups is 1. The van der Waals surface area contributed by atoms with E-state index in [1.54, 1.807) is 19.6 Å². The van der Waals surface area contributed by atoms with Crippen LogP contribution in [0, 0.1) is 0 Å². The summed E-state index contributed by atoms with van der Waals surface area (Å²) in [5.41, 5.74) is 1.98. The Hall–Kier alpha value is -2.57. The highest BCUT2D eigenvalue weighted by Crippen LogP contribution is 2.26. The second-order valence-electron chi connectivity index (χ2n) is 5.84. The first-order chi connectivity index (χ1) is 11.8. The molecule has 2 amide bonds. The van der Waals surface area contributed by atoms with Crippen molar-refractivity contribution in [1.82, 2.24) is 20.4 Å².